The topological polar surface area (TPSA) is 81.7 Å². The number of Topliss-reactive ketones (excluding diaryl/α,β-unsaturated/α-hetero) is 1. The normalized spacial score (nSPS) is 10.3. The molecule has 26 heavy (non-hydrogen) atoms. The first-order valence-corrected chi connectivity index (χ1v) is 9.74. The summed E-state index contributed by atoms with van der Waals surface area (Å²) in [5.74, 6) is -0.639. The Kier molecular flexibility index (Phi) is 7.23. The van der Waals surface area contributed by atoms with Crippen LogP contribution in [0.4, 0.5) is 0 Å². The molecule has 0 aliphatic heterocycles. The number of carbonyl (C=O) groups excluding carboxylic acids is 3. The second kappa shape index (κ2) is 9.40. The van der Waals surface area contributed by atoms with Crippen molar-refractivity contribution in [2.24, 2.45) is 0 Å². The van der Waals surface area contributed by atoms with Crippen LogP contribution in [0.25, 0.3) is 0 Å². The lowest BCUT2D eigenvalue weighted by atomic mass is 10.2. The first-order valence-electron chi connectivity index (χ1n) is 7.70. The maximum Gasteiger partial charge on any atom is 0.342 e. The Bertz CT molecular complexity index is 816. The minimum absolute atomic E-state index is 0.137. The number of hydrogen-bond donors (Lipinski definition) is 1. The van der Waals surface area contributed by atoms with Crippen LogP contribution in [0.2, 0.25) is 0 Å². The van der Waals surface area contributed by atoms with Gasteiger partial charge < -0.3 is 14.8 Å². The Hall–Kier alpha value is -2.32. The number of rotatable bonds is 8. The minimum atomic E-state index is -0.613. The molecule has 0 radical (unpaired) electrons. The highest BCUT2D eigenvalue weighted by Gasteiger charge is 2.17. The van der Waals surface area contributed by atoms with Crippen LogP contribution < -0.4 is 10.1 Å². The number of hydrogen-bond acceptors (Lipinski definition) is 7. The van der Waals surface area contributed by atoms with E-state index >= 15 is 0 Å². The SMILES string of the molecule is COc1cc(SC)ccc1C(=O)OCC(=O)c1ccc(CNC(C)=O)s1. The standard InChI is InChI=1S/C18H19NO5S2/c1-11(20)19-9-13-5-7-17(26-13)15(21)10-24-18(22)14-6-4-12(25-3)8-16(14)23-2/h4-8H,9-10H2,1-3H3,(H,19,20). The predicted octanol–water partition coefficient (Wildman–Crippen LogP) is 3.15. The molecule has 0 aliphatic rings. The Labute approximate surface area is 159 Å². The van der Waals surface area contributed by atoms with Gasteiger partial charge in [-0.15, -0.1) is 23.1 Å². The van der Waals surface area contributed by atoms with Crippen molar-refractivity contribution >= 4 is 40.8 Å². The molecule has 0 bridgehead atoms. The number of thiophene rings is 1. The van der Waals surface area contributed by atoms with Crippen molar-refractivity contribution in [1.29, 1.82) is 0 Å². The number of nitrogens with one attached hydrogen (secondary N) is 1. The van der Waals surface area contributed by atoms with Gasteiger partial charge in [-0.2, -0.15) is 0 Å². The van der Waals surface area contributed by atoms with Gasteiger partial charge in [0.05, 0.1) is 18.5 Å². The number of ether oxygens (including phenoxy) is 2. The van der Waals surface area contributed by atoms with Gasteiger partial charge in [0.15, 0.2) is 6.61 Å². The minimum Gasteiger partial charge on any atom is -0.496 e. The molecule has 0 saturated carbocycles. The predicted molar refractivity (Wildman–Crippen MR) is 101 cm³/mol. The Balaban J connectivity index is 1.97. The zero-order valence-corrected chi connectivity index (χ0v) is 16.3. The van der Waals surface area contributed by atoms with Gasteiger partial charge in [-0.1, -0.05) is 0 Å². The molecule has 8 heteroatoms. The van der Waals surface area contributed by atoms with Crippen molar-refractivity contribution in [3.63, 3.8) is 0 Å². The molecule has 2 aromatic rings. The molecule has 0 spiro atoms. The Morgan fingerprint density at radius 1 is 1.19 bits per heavy atom. The fraction of sp³-hybridized carbons (Fsp3) is 0.278. The van der Waals surface area contributed by atoms with Crippen LogP contribution in [0.5, 0.6) is 5.75 Å². The highest BCUT2D eigenvalue weighted by molar-refractivity contribution is 7.98. The van der Waals surface area contributed by atoms with E-state index in [-0.39, 0.29) is 23.9 Å². The van der Waals surface area contributed by atoms with Crippen LogP contribution in [0.3, 0.4) is 0 Å². The molecular formula is C18H19NO5S2. The zero-order chi connectivity index (χ0) is 19.1. The fourth-order valence-electron chi connectivity index (χ4n) is 2.08. The Morgan fingerprint density at radius 2 is 1.96 bits per heavy atom. The van der Waals surface area contributed by atoms with Crippen molar-refractivity contribution in [2.75, 3.05) is 20.0 Å². The van der Waals surface area contributed by atoms with E-state index in [1.54, 1.807) is 30.3 Å². The summed E-state index contributed by atoms with van der Waals surface area (Å²) in [6.45, 7) is 1.44. The lowest BCUT2D eigenvalue weighted by Crippen LogP contribution is -2.18. The molecule has 6 nitrogen and oxygen atoms in total. The first-order chi connectivity index (χ1) is 12.4. The maximum absolute atomic E-state index is 12.2. The monoisotopic (exact) mass is 393 g/mol. The summed E-state index contributed by atoms with van der Waals surface area (Å²) in [6.07, 6.45) is 1.92. The molecular weight excluding hydrogens is 374 g/mol. The summed E-state index contributed by atoms with van der Waals surface area (Å²) in [4.78, 5) is 37.6. The third-order valence-corrected chi connectivity index (χ3v) is 5.26. The smallest absolute Gasteiger partial charge is 0.342 e. The molecule has 1 N–H and O–H groups in total. The lowest BCUT2D eigenvalue weighted by Gasteiger charge is -2.09. The highest BCUT2D eigenvalue weighted by atomic mass is 32.2. The first kappa shape index (κ1) is 20.0. The zero-order valence-electron chi connectivity index (χ0n) is 14.7. The largest absolute Gasteiger partial charge is 0.496 e. The summed E-state index contributed by atoms with van der Waals surface area (Å²) in [6, 6.07) is 8.58. The quantitative estimate of drug-likeness (QED) is 0.421. The second-order valence-electron chi connectivity index (χ2n) is 5.24. The molecule has 138 valence electrons. The molecule has 1 amide bonds. The van der Waals surface area contributed by atoms with Gasteiger partial charge in [0, 0.05) is 16.7 Å². The number of carbonyl (C=O) groups is 3. The van der Waals surface area contributed by atoms with Crippen LogP contribution in [0, 0.1) is 0 Å². The van der Waals surface area contributed by atoms with Gasteiger partial charge in [0.25, 0.3) is 0 Å². The van der Waals surface area contributed by atoms with Gasteiger partial charge in [-0.05, 0) is 36.6 Å². The van der Waals surface area contributed by atoms with Crippen molar-refractivity contribution in [1.82, 2.24) is 5.32 Å². The molecule has 0 unspecified atom stereocenters. The summed E-state index contributed by atoms with van der Waals surface area (Å²) < 4.78 is 10.3. The van der Waals surface area contributed by atoms with Crippen molar-refractivity contribution in [2.45, 2.75) is 18.4 Å². The number of esters is 1. The number of amides is 1. The van der Waals surface area contributed by atoms with E-state index in [0.717, 1.165) is 9.77 Å². The number of thioether (sulfide) groups is 1. The van der Waals surface area contributed by atoms with Gasteiger partial charge in [0.1, 0.15) is 11.3 Å². The molecule has 1 aromatic heterocycles. The molecule has 0 fully saturated rings. The van der Waals surface area contributed by atoms with Crippen LogP contribution in [0.1, 0.15) is 31.8 Å². The summed E-state index contributed by atoms with van der Waals surface area (Å²) in [7, 11) is 1.48. The summed E-state index contributed by atoms with van der Waals surface area (Å²) >= 11 is 2.79. The summed E-state index contributed by atoms with van der Waals surface area (Å²) in [5.41, 5.74) is 0.274. The van der Waals surface area contributed by atoms with E-state index in [9.17, 15) is 14.4 Å². The summed E-state index contributed by atoms with van der Waals surface area (Å²) in [5, 5.41) is 2.67. The van der Waals surface area contributed by atoms with Crippen molar-refractivity contribution < 1.29 is 23.9 Å². The fourth-order valence-corrected chi connectivity index (χ4v) is 3.38. The van der Waals surface area contributed by atoms with Crippen molar-refractivity contribution in [3.05, 3.63) is 45.6 Å². The van der Waals surface area contributed by atoms with Crippen LogP contribution >= 0.6 is 23.1 Å². The van der Waals surface area contributed by atoms with Crippen LogP contribution in [-0.2, 0) is 16.1 Å². The van der Waals surface area contributed by atoms with E-state index in [4.69, 9.17) is 9.47 Å². The number of ketones is 1. The lowest BCUT2D eigenvalue weighted by molar-refractivity contribution is -0.119. The Morgan fingerprint density at radius 3 is 2.62 bits per heavy atom. The van der Waals surface area contributed by atoms with Crippen LogP contribution in [-0.4, -0.2) is 37.6 Å². The average Bonchev–Trinajstić information content (AvgIpc) is 3.12. The number of benzene rings is 1. The van der Waals surface area contributed by atoms with E-state index < -0.39 is 5.97 Å². The molecule has 0 atom stereocenters. The van der Waals surface area contributed by atoms with Gasteiger partial charge in [0.2, 0.25) is 11.7 Å². The van der Waals surface area contributed by atoms with Crippen molar-refractivity contribution in [3.8, 4) is 5.75 Å². The third-order valence-electron chi connectivity index (χ3n) is 3.41. The van der Waals surface area contributed by atoms with Gasteiger partial charge in [-0.3, -0.25) is 9.59 Å². The van der Waals surface area contributed by atoms with E-state index in [0.29, 0.717) is 17.2 Å². The van der Waals surface area contributed by atoms with Gasteiger partial charge >= 0.3 is 5.97 Å². The van der Waals surface area contributed by atoms with Gasteiger partial charge in [-0.25, -0.2) is 4.79 Å². The molecule has 0 saturated heterocycles. The van der Waals surface area contributed by atoms with E-state index in [1.807, 2.05) is 6.26 Å². The average molecular weight is 393 g/mol. The third kappa shape index (κ3) is 5.34. The molecule has 1 heterocycles. The molecule has 2 rings (SSSR count). The highest BCUT2D eigenvalue weighted by Crippen LogP contribution is 2.26. The van der Waals surface area contributed by atoms with E-state index in [2.05, 4.69) is 5.32 Å². The van der Waals surface area contributed by atoms with Crippen LogP contribution in [0.15, 0.2) is 35.2 Å². The second-order valence-corrected chi connectivity index (χ2v) is 7.29. The number of methoxy groups -OCH3 is 1. The van der Waals surface area contributed by atoms with E-state index in [1.165, 1.54) is 37.1 Å². The molecule has 0 aliphatic carbocycles. The molecule has 1 aromatic carbocycles. The maximum atomic E-state index is 12.2.